The Morgan fingerprint density at radius 2 is 1.22 bits per heavy atom. The Labute approximate surface area is 340 Å². The molecule has 0 aromatic heterocycles. The Morgan fingerprint density at radius 1 is 0.683 bits per heavy atom. The fourth-order valence-corrected chi connectivity index (χ4v) is 7.35. The SMILES string of the molecule is CC(=O)N[C@H]1[C@H](OC[C@H]2OC(O)[C@H](NC(C)=O)[C@@H](O[C@@H]3O[C@H](CO)[C@H](O)[C@H](O[C@]4(C(=O)O)C[C@H](O)[C@@H](NC(C)=O)[C@H]([C@H](O)[C@H](O)CO)O4)[C@H]3O)[C@H]2O)O[C@H](CO)[C@@H](O)[C@@H]1O. The van der Waals surface area contributed by atoms with E-state index in [1.165, 1.54) is 0 Å². The molecule has 0 aliphatic carbocycles. The molecule has 0 bridgehead atoms. The van der Waals surface area contributed by atoms with Gasteiger partial charge in [-0.3, -0.25) is 14.4 Å². The Kier molecular flexibility index (Phi) is 17.4. The molecule has 0 aromatic rings. The van der Waals surface area contributed by atoms with Crippen LogP contribution >= 0.6 is 0 Å². The highest BCUT2D eigenvalue weighted by atomic mass is 16.8. The first kappa shape index (κ1) is 49.8. The average Bonchev–Trinajstić information content (AvgIpc) is 3.18. The number of nitrogens with one attached hydrogen (secondary N) is 3. The summed E-state index contributed by atoms with van der Waals surface area (Å²) >= 11 is 0. The number of carbonyl (C=O) groups is 4. The van der Waals surface area contributed by atoms with Crippen molar-refractivity contribution < 1.29 is 119 Å². The van der Waals surface area contributed by atoms with Gasteiger partial charge in [-0.05, 0) is 0 Å². The molecule has 4 fully saturated rings. The van der Waals surface area contributed by atoms with Crippen molar-refractivity contribution in [3.05, 3.63) is 0 Å². The molecule has 4 rings (SSSR count). The van der Waals surface area contributed by atoms with Crippen molar-refractivity contribution in [2.45, 2.75) is 155 Å². The maximum atomic E-state index is 12.9. The van der Waals surface area contributed by atoms with E-state index in [4.69, 9.17) is 33.2 Å². The van der Waals surface area contributed by atoms with E-state index < -0.39 is 185 Å². The van der Waals surface area contributed by atoms with Crippen LogP contribution < -0.4 is 16.0 Å². The molecule has 27 nitrogen and oxygen atoms in total. The minimum absolute atomic E-state index is 0.686. The van der Waals surface area contributed by atoms with Gasteiger partial charge >= 0.3 is 5.97 Å². The minimum atomic E-state index is -3.13. The molecule has 0 spiro atoms. The van der Waals surface area contributed by atoms with E-state index in [2.05, 4.69) is 16.0 Å². The predicted octanol–water partition coefficient (Wildman–Crippen LogP) is -10.1. The summed E-state index contributed by atoms with van der Waals surface area (Å²) in [5.41, 5.74) is 0. The zero-order valence-electron chi connectivity index (χ0n) is 32.4. The number of hydrogen-bond acceptors (Lipinski definition) is 23. The van der Waals surface area contributed by atoms with Crippen molar-refractivity contribution in [2.24, 2.45) is 0 Å². The van der Waals surface area contributed by atoms with E-state index in [-0.39, 0.29) is 0 Å². The van der Waals surface area contributed by atoms with E-state index in [1.807, 2.05) is 0 Å². The second-order valence-electron chi connectivity index (χ2n) is 14.8. The minimum Gasteiger partial charge on any atom is -0.477 e. The van der Waals surface area contributed by atoms with Crippen LogP contribution in [0.5, 0.6) is 0 Å². The van der Waals surface area contributed by atoms with Crippen LogP contribution in [0.4, 0.5) is 0 Å². The van der Waals surface area contributed by atoms with Crippen molar-refractivity contribution >= 4 is 23.7 Å². The molecule has 16 N–H and O–H groups in total. The third-order valence-corrected chi connectivity index (χ3v) is 10.4. The number of ether oxygens (including phenoxy) is 7. The second kappa shape index (κ2) is 21.0. The number of aliphatic hydroxyl groups is 12. The van der Waals surface area contributed by atoms with Gasteiger partial charge in [-0.2, -0.15) is 0 Å². The smallest absolute Gasteiger partial charge is 0.364 e. The summed E-state index contributed by atoms with van der Waals surface area (Å²) in [6, 6.07) is -4.74. The molecule has 3 amide bonds. The van der Waals surface area contributed by atoms with E-state index in [9.17, 15) is 85.6 Å². The average molecular weight is 878 g/mol. The number of aliphatic hydroxyl groups excluding tert-OH is 12. The molecule has 0 aromatic carbocycles. The molecule has 4 aliphatic rings. The van der Waals surface area contributed by atoms with Crippen LogP contribution in [0, 0.1) is 0 Å². The van der Waals surface area contributed by atoms with Crippen molar-refractivity contribution in [1.82, 2.24) is 16.0 Å². The predicted molar refractivity (Wildman–Crippen MR) is 186 cm³/mol. The summed E-state index contributed by atoms with van der Waals surface area (Å²) in [5.74, 6) is -7.45. The standard InChI is InChI=1S/C33H55N3O24/c1-9(40)34-17-12(43)4-33(32(52)53,59-27(17)20(45)13(44)5-37)60-28-22(47)15(7-39)57-31(25(28)50)58-26-19(36-11(3)42)29(51)55-16(23(26)48)8-54-30-18(35-10(2)41)24(49)21(46)14(6-38)56-30/h12-31,37-39,43-51H,4-8H2,1-3H3,(H,34,40)(H,35,41)(H,36,42)(H,52,53)/t12-,13+,14+,15+,16+,17+,18+,19+,20+,21+,22-,23-,24+,25+,26+,27+,28-,29?,30+,31-,33-/m0/s1. The molecule has 1 unspecified atom stereocenters. The molecule has 4 heterocycles. The lowest BCUT2D eigenvalue weighted by Gasteiger charge is -2.51. The van der Waals surface area contributed by atoms with Crippen LogP contribution in [0.2, 0.25) is 0 Å². The number of carbonyl (C=O) groups excluding carboxylic acids is 3. The summed E-state index contributed by atoms with van der Waals surface area (Å²) in [7, 11) is 0. The van der Waals surface area contributed by atoms with Gasteiger partial charge in [-0.25, -0.2) is 4.79 Å². The fraction of sp³-hybridized carbons (Fsp3) is 0.879. The highest BCUT2D eigenvalue weighted by molar-refractivity contribution is 5.77. The number of aliphatic carboxylic acids is 1. The van der Waals surface area contributed by atoms with Crippen LogP contribution in [-0.4, -0.2) is 245 Å². The van der Waals surface area contributed by atoms with E-state index in [0.29, 0.717) is 0 Å². The van der Waals surface area contributed by atoms with E-state index in [1.54, 1.807) is 0 Å². The molecule has 27 heteroatoms. The van der Waals surface area contributed by atoms with E-state index >= 15 is 0 Å². The van der Waals surface area contributed by atoms with Gasteiger partial charge in [0.15, 0.2) is 18.9 Å². The van der Waals surface area contributed by atoms with Gasteiger partial charge in [-0.15, -0.1) is 0 Å². The molecule has 346 valence electrons. The van der Waals surface area contributed by atoms with Crippen molar-refractivity contribution in [3.8, 4) is 0 Å². The highest BCUT2D eigenvalue weighted by Crippen LogP contribution is 2.38. The van der Waals surface area contributed by atoms with Gasteiger partial charge in [0.05, 0.1) is 38.6 Å². The third-order valence-electron chi connectivity index (χ3n) is 10.4. The van der Waals surface area contributed by atoms with E-state index in [0.717, 1.165) is 20.8 Å². The van der Waals surface area contributed by atoms with Gasteiger partial charge in [0, 0.05) is 27.2 Å². The molecule has 60 heavy (non-hydrogen) atoms. The second-order valence-corrected chi connectivity index (χ2v) is 14.8. The third kappa shape index (κ3) is 11.0. The molecule has 4 saturated heterocycles. The van der Waals surface area contributed by atoms with Gasteiger partial charge in [0.2, 0.25) is 17.7 Å². The molecular weight excluding hydrogens is 822 g/mol. The summed E-state index contributed by atoms with van der Waals surface area (Å²) in [5, 5.41) is 145. The topological polar surface area (TPSA) is 432 Å². The summed E-state index contributed by atoms with van der Waals surface area (Å²) in [6.07, 6.45) is -33.9. The molecule has 0 radical (unpaired) electrons. The van der Waals surface area contributed by atoms with Crippen LogP contribution in [0.15, 0.2) is 0 Å². The summed E-state index contributed by atoms with van der Waals surface area (Å²) in [4.78, 5) is 48.8. The number of hydrogen-bond donors (Lipinski definition) is 16. The quantitative estimate of drug-likeness (QED) is 0.0684. The Morgan fingerprint density at radius 3 is 1.77 bits per heavy atom. The lowest BCUT2D eigenvalue weighted by molar-refractivity contribution is -0.381. The largest absolute Gasteiger partial charge is 0.477 e. The maximum Gasteiger partial charge on any atom is 0.364 e. The number of amides is 3. The Balaban J connectivity index is 1.63. The van der Waals surface area contributed by atoms with Crippen LogP contribution in [0.3, 0.4) is 0 Å². The first-order chi connectivity index (χ1) is 28.1. The van der Waals surface area contributed by atoms with Gasteiger partial charge in [0.1, 0.15) is 91.4 Å². The van der Waals surface area contributed by atoms with Crippen molar-refractivity contribution in [2.75, 3.05) is 26.4 Å². The Bertz CT molecular complexity index is 1470. The first-order valence-electron chi connectivity index (χ1n) is 18.7. The normalized spacial score (nSPS) is 43.3. The highest BCUT2D eigenvalue weighted by Gasteiger charge is 2.60. The van der Waals surface area contributed by atoms with Crippen molar-refractivity contribution in [1.29, 1.82) is 0 Å². The zero-order valence-corrected chi connectivity index (χ0v) is 32.4. The monoisotopic (exact) mass is 877 g/mol. The number of rotatable bonds is 16. The maximum absolute atomic E-state index is 12.9. The lowest BCUT2D eigenvalue weighted by atomic mass is 9.88. The lowest BCUT2D eigenvalue weighted by Crippen LogP contribution is -2.71. The van der Waals surface area contributed by atoms with Crippen LogP contribution in [0.1, 0.15) is 27.2 Å². The van der Waals surface area contributed by atoms with Gasteiger partial charge in [0.25, 0.3) is 5.79 Å². The van der Waals surface area contributed by atoms with Gasteiger partial charge < -0.3 is 115 Å². The fourth-order valence-electron chi connectivity index (χ4n) is 7.35. The first-order valence-corrected chi connectivity index (χ1v) is 18.7. The van der Waals surface area contributed by atoms with Crippen LogP contribution in [0.25, 0.3) is 0 Å². The molecule has 0 saturated carbocycles. The molecule has 4 aliphatic heterocycles. The summed E-state index contributed by atoms with van der Waals surface area (Å²) < 4.78 is 39.3. The molecule has 21 atom stereocenters. The van der Waals surface area contributed by atoms with Crippen LogP contribution in [-0.2, 0) is 52.3 Å². The zero-order chi connectivity index (χ0) is 45.0. The summed E-state index contributed by atoms with van der Waals surface area (Å²) in [6.45, 7) is -0.609. The number of carboxylic acid groups (broad SMARTS) is 1. The van der Waals surface area contributed by atoms with Crippen molar-refractivity contribution in [3.63, 3.8) is 0 Å². The van der Waals surface area contributed by atoms with Gasteiger partial charge in [-0.1, -0.05) is 0 Å². The Hall–Kier alpha value is -2.88. The molecular formula is C33H55N3O24. The number of carboxylic acids is 1.